The molecule has 10 nitrogen and oxygen atoms in total. The molecule has 0 aliphatic rings. The summed E-state index contributed by atoms with van der Waals surface area (Å²) in [5.74, 6) is -0.701. The second-order valence-corrected chi connectivity index (χ2v) is 7.39. The molecule has 0 aliphatic heterocycles. The second-order valence-electron chi connectivity index (χ2n) is 6.43. The Labute approximate surface area is 150 Å². The van der Waals surface area contributed by atoms with Crippen LogP contribution in [0.5, 0.6) is 0 Å². The molecule has 0 aliphatic carbocycles. The molecule has 0 fully saturated rings. The number of nitrogens with one attached hydrogen (secondary N) is 1. The van der Waals surface area contributed by atoms with Crippen LogP contribution < -0.4 is 10.9 Å². The van der Waals surface area contributed by atoms with Crippen LogP contribution in [0.4, 0.5) is 10.8 Å². The van der Waals surface area contributed by atoms with Gasteiger partial charge in [-0.25, -0.2) is 0 Å². The molecule has 1 amide bonds. The summed E-state index contributed by atoms with van der Waals surface area (Å²) in [6.07, 6.45) is 0. The van der Waals surface area contributed by atoms with Crippen molar-refractivity contribution in [3.05, 3.63) is 56.0 Å². The maximum absolute atomic E-state index is 12.5. The van der Waals surface area contributed by atoms with Crippen LogP contribution in [0.25, 0.3) is 4.96 Å². The zero-order chi connectivity index (χ0) is 19.1. The van der Waals surface area contributed by atoms with E-state index >= 15 is 0 Å². The van der Waals surface area contributed by atoms with Gasteiger partial charge in [0, 0.05) is 11.5 Å². The van der Waals surface area contributed by atoms with Crippen LogP contribution in [-0.4, -0.2) is 30.6 Å². The molecule has 0 atom stereocenters. The number of nitro benzene ring substituents is 1. The molecular formula is C15H14N6O4S. The lowest BCUT2D eigenvalue weighted by Crippen LogP contribution is -2.30. The number of nitro groups is 1. The van der Waals surface area contributed by atoms with E-state index in [0.29, 0.717) is 0 Å². The van der Waals surface area contributed by atoms with Gasteiger partial charge in [0.25, 0.3) is 17.2 Å². The van der Waals surface area contributed by atoms with E-state index < -0.39 is 21.8 Å². The van der Waals surface area contributed by atoms with Crippen LogP contribution in [0.1, 0.15) is 36.8 Å². The molecule has 26 heavy (non-hydrogen) atoms. The third-order valence-electron chi connectivity index (χ3n) is 3.47. The minimum absolute atomic E-state index is 0.0885. The third-order valence-corrected chi connectivity index (χ3v) is 4.28. The predicted octanol–water partition coefficient (Wildman–Crippen LogP) is 2.00. The summed E-state index contributed by atoms with van der Waals surface area (Å²) in [5.41, 5.74) is -1.12. The van der Waals surface area contributed by atoms with Crippen molar-refractivity contribution in [2.24, 2.45) is 0 Å². The van der Waals surface area contributed by atoms with Crippen molar-refractivity contribution in [1.82, 2.24) is 19.8 Å². The van der Waals surface area contributed by atoms with Crippen LogP contribution in [0.3, 0.4) is 0 Å². The van der Waals surface area contributed by atoms with E-state index in [-0.39, 0.29) is 27.0 Å². The number of carbonyl (C=O) groups excluding carboxylic acids is 1. The van der Waals surface area contributed by atoms with E-state index in [9.17, 15) is 19.7 Å². The van der Waals surface area contributed by atoms with Gasteiger partial charge in [0.1, 0.15) is 11.3 Å². The molecule has 0 unspecified atom stereocenters. The van der Waals surface area contributed by atoms with Gasteiger partial charge in [-0.05, 0) is 6.07 Å². The summed E-state index contributed by atoms with van der Waals surface area (Å²) in [5, 5.41) is 25.6. The van der Waals surface area contributed by atoms with Gasteiger partial charge >= 0.3 is 0 Å². The number of amides is 1. The summed E-state index contributed by atoms with van der Waals surface area (Å²) in [4.78, 5) is 35.5. The average Bonchev–Trinajstić information content (AvgIpc) is 2.97. The van der Waals surface area contributed by atoms with Gasteiger partial charge in [0.05, 0.1) is 4.92 Å². The highest BCUT2D eigenvalue weighted by molar-refractivity contribution is 7.20. The molecule has 3 aromatic rings. The zero-order valence-electron chi connectivity index (χ0n) is 14.1. The van der Waals surface area contributed by atoms with Gasteiger partial charge in [-0.3, -0.25) is 25.0 Å². The first-order valence-corrected chi connectivity index (χ1v) is 8.32. The van der Waals surface area contributed by atoms with Crippen LogP contribution >= 0.6 is 11.3 Å². The zero-order valence-corrected chi connectivity index (χ0v) is 14.9. The molecule has 11 heteroatoms. The Hall–Kier alpha value is -3.21. The molecular weight excluding hydrogens is 360 g/mol. The van der Waals surface area contributed by atoms with Crippen LogP contribution in [0.15, 0.2) is 29.1 Å². The Morgan fingerprint density at radius 1 is 1.27 bits per heavy atom. The van der Waals surface area contributed by atoms with Gasteiger partial charge in [0.15, 0.2) is 0 Å². The SMILES string of the molecule is CC(C)(C)c1nnc2sc(NC(=O)c3ccccc3[N+](=O)[O-])nn2c1=O. The maximum atomic E-state index is 12.5. The highest BCUT2D eigenvalue weighted by Gasteiger charge is 2.24. The second kappa shape index (κ2) is 6.26. The summed E-state index contributed by atoms with van der Waals surface area (Å²) < 4.78 is 1.06. The Balaban J connectivity index is 1.98. The topological polar surface area (TPSA) is 132 Å². The smallest absolute Gasteiger partial charge is 0.296 e. The quantitative estimate of drug-likeness (QED) is 0.547. The van der Waals surface area contributed by atoms with Gasteiger partial charge in [-0.15, -0.1) is 15.3 Å². The van der Waals surface area contributed by atoms with Crippen molar-refractivity contribution >= 4 is 33.0 Å². The number of hydrogen-bond donors (Lipinski definition) is 1. The highest BCUT2D eigenvalue weighted by atomic mass is 32.1. The number of fused-ring (bicyclic) bond motifs is 1. The molecule has 3 rings (SSSR count). The summed E-state index contributed by atoms with van der Waals surface area (Å²) >= 11 is 0.944. The van der Waals surface area contributed by atoms with E-state index in [0.717, 1.165) is 15.9 Å². The van der Waals surface area contributed by atoms with Crippen molar-refractivity contribution in [3.63, 3.8) is 0 Å². The first-order chi connectivity index (χ1) is 12.2. The number of aromatic nitrogens is 4. The summed E-state index contributed by atoms with van der Waals surface area (Å²) in [7, 11) is 0. The molecule has 1 N–H and O–H groups in total. The molecule has 134 valence electrons. The number of benzene rings is 1. The van der Waals surface area contributed by atoms with E-state index in [1.165, 1.54) is 24.3 Å². The Morgan fingerprint density at radius 2 is 1.96 bits per heavy atom. The fourth-order valence-electron chi connectivity index (χ4n) is 2.23. The summed E-state index contributed by atoms with van der Waals surface area (Å²) in [6, 6.07) is 5.56. The number of para-hydroxylation sites is 1. The molecule has 0 spiro atoms. The molecule has 0 saturated carbocycles. The normalized spacial score (nSPS) is 11.5. The average molecular weight is 374 g/mol. The maximum Gasteiger partial charge on any atom is 0.297 e. The first-order valence-electron chi connectivity index (χ1n) is 7.50. The number of anilines is 1. The van der Waals surface area contributed by atoms with Crippen molar-refractivity contribution in [1.29, 1.82) is 0 Å². The monoisotopic (exact) mass is 374 g/mol. The van der Waals surface area contributed by atoms with Gasteiger partial charge < -0.3 is 0 Å². The fourth-order valence-corrected chi connectivity index (χ4v) is 2.96. The van der Waals surface area contributed by atoms with Crippen LogP contribution in [0.2, 0.25) is 0 Å². The standard InChI is InChI=1S/C15H14N6O4S/c1-15(2,3)10-12(23)20-14(18-17-10)26-13(19-20)16-11(22)8-6-4-5-7-9(8)21(24)25/h4-7H,1-3H3,(H,16,19,22). The number of nitrogens with zero attached hydrogens (tertiary/aromatic N) is 5. The van der Waals surface area contributed by atoms with Crippen LogP contribution in [-0.2, 0) is 5.41 Å². The Morgan fingerprint density at radius 3 is 2.62 bits per heavy atom. The lowest BCUT2D eigenvalue weighted by molar-refractivity contribution is -0.385. The largest absolute Gasteiger partial charge is 0.297 e. The molecule has 0 saturated heterocycles. The molecule has 1 aromatic carbocycles. The van der Waals surface area contributed by atoms with E-state index in [4.69, 9.17) is 0 Å². The fraction of sp³-hybridized carbons (Fsp3) is 0.267. The van der Waals surface area contributed by atoms with E-state index in [1.807, 2.05) is 20.8 Å². The minimum atomic E-state index is -0.701. The summed E-state index contributed by atoms with van der Waals surface area (Å²) in [6.45, 7) is 5.48. The predicted molar refractivity (Wildman–Crippen MR) is 94.7 cm³/mol. The third kappa shape index (κ3) is 3.16. The van der Waals surface area contributed by atoms with Crippen molar-refractivity contribution in [3.8, 4) is 0 Å². The lowest BCUT2D eigenvalue weighted by Gasteiger charge is -2.14. The van der Waals surface area contributed by atoms with Gasteiger partial charge in [-0.1, -0.05) is 44.2 Å². The highest BCUT2D eigenvalue weighted by Crippen LogP contribution is 2.22. The first kappa shape index (κ1) is 17.6. The van der Waals surface area contributed by atoms with Crippen molar-refractivity contribution < 1.29 is 9.72 Å². The molecule has 2 aromatic heterocycles. The van der Waals surface area contributed by atoms with E-state index in [1.54, 1.807) is 0 Å². The van der Waals surface area contributed by atoms with Gasteiger partial charge in [-0.2, -0.15) is 4.52 Å². The Kier molecular flexibility index (Phi) is 4.24. The minimum Gasteiger partial charge on any atom is -0.296 e. The Bertz CT molecular complexity index is 1080. The number of rotatable bonds is 3. The van der Waals surface area contributed by atoms with Crippen LogP contribution in [0, 0.1) is 10.1 Å². The number of hydrogen-bond acceptors (Lipinski definition) is 8. The van der Waals surface area contributed by atoms with Gasteiger partial charge in [0.2, 0.25) is 10.1 Å². The van der Waals surface area contributed by atoms with E-state index in [2.05, 4.69) is 20.6 Å². The van der Waals surface area contributed by atoms with Crippen molar-refractivity contribution in [2.75, 3.05) is 5.32 Å². The molecule has 0 bridgehead atoms. The number of carbonyl (C=O) groups is 1. The van der Waals surface area contributed by atoms with Crippen molar-refractivity contribution in [2.45, 2.75) is 26.2 Å². The molecule has 0 radical (unpaired) electrons. The lowest BCUT2D eigenvalue weighted by atomic mass is 9.93. The molecule has 2 heterocycles.